The van der Waals surface area contributed by atoms with Gasteiger partial charge in [-0.2, -0.15) is 0 Å². The fraction of sp³-hybridized carbons (Fsp3) is 0.320. The van der Waals surface area contributed by atoms with Gasteiger partial charge in [-0.15, -0.1) is 0 Å². The van der Waals surface area contributed by atoms with Crippen LogP contribution in [0.1, 0.15) is 31.9 Å². The van der Waals surface area contributed by atoms with Crippen LogP contribution >= 0.6 is 34.8 Å². The maximum atomic E-state index is 13.5. The Kier molecular flexibility index (Phi) is 8.90. The van der Waals surface area contributed by atoms with Crippen LogP contribution in [0, 0.1) is 3.57 Å². The topological polar surface area (TPSA) is 68.3 Å². The Labute approximate surface area is 218 Å². The number of thiocarbonyl (C=S) groups is 1. The summed E-state index contributed by atoms with van der Waals surface area (Å²) in [4.78, 5) is 28.6. The molecule has 3 rings (SSSR count). The molecule has 1 aliphatic rings. The van der Waals surface area contributed by atoms with Gasteiger partial charge in [0.05, 0.1) is 29.6 Å². The molecule has 0 atom stereocenters. The smallest absolute Gasteiger partial charge is 0.325 e. The highest BCUT2D eigenvalue weighted by atomic mass is 127. The molecule has 0 bridgehead atoms. The predicted molar refractivity (Wildman–Crippen MR) is 144 cm³/mol. The minimum absolute atomic E-state index is 0.178. The molecule has 0 saturated carbocycles. The van der Waals surface area contributed by atoms with Crippen molar-refractivity contribution in [3.05, 3.63) is 56.8 Å². The van der Waals surface area contributed by atoms with Crippen LogP contribution in [0.25, 0.3) is 6.08 Å². The molecule has 1 heterocycles. The summed E-state index contributed by atoms with van der Waals surface area (Å²) in [6, 6.07) is 11.3. The van der Waals surface area contributed by atoms with Crippen LogP contribution in [-0.4, -0.2) is 48.8 Å². The second-order valence-corrected chi connectivity index (χ2v) is 8.86. The van der Waals surface area contributed by atoms with Crippen molar-refractivity contribution >= 4 is 63.6 Å². The summed E-state index contributed by atoms with van der Waals surface area (Å²) in [5.41, 5.74) is 2.79. The van der Waals surface area contributed by atoms with Crippen molar-refractivity contribution in [1.29, 1.82) is 0 Å². The summed E-state index contributed by atoms with van der Waals surface area (Å²) in [5.74, 6) is 0.424. The van der Waals surface area contributed by atoms with Crippen LogP contribution in [0.2, 0.25) is 0 Å². The van der Waals surface area contributed by atoms with Crippen molar-refractivity contribution in [2.75, 3.05) is 31.8 Å². The number of esters is 1. The minimum Gasteiger partial charge on any atom is -0.490 e. The number of amides is 1. The van der Waals surface area contributed by atoms with E-state index in [0.29, 0.717) is 30.4 Å². The fourth-order valence-electron chi connectivity index (χ4n) is 3.51. The number of anilines is 1. The molecule has 0 aromatic heterocycles. The van der Waals surface area contributed by atoms with Crippen LogP contribution in [0.5, 0.6) is 11.5 Å². The van der Waals surface area contributed by atoms with Crippen molar-refractivity contribution < 1.29 is 23.8 Å². The van der Waals surface area contributed by atoms with Gasteiger partial charge < -0.3 is 19.1 Å². The Morgan fingerprint density at radius 2 is 1.76 bits per heavy atom. The maximum absolute atomic E-state index is 13.5. The lowest BCUT2D eigenvalue weighted by Crippen LogP contribution is -2.35. The number of carbonyl (C=O) groups excluding carboxylic acids is 2. The molecule has 1 amide bonds. The standard InChI is InChI=1S/C25H27IN2O5S/c1-5-16-8-10-18(11-9-16)28-24(30)20(27(25(28)34)15-22(29)31-4)13-17-12-19(26)23(33-7-3)21(14-17)32-6-2/h8-14H,5-7,15H2,1-4H3/b20-13-. The van der Waals surface area contributed by atoms with Crippen molar-refractivity contribution in [3.8, 4) is 11.5 Å². The molecule has 1 fully saturated rings. The second kappa shape index (κ2) is 11.7. The number of hydrogen-bond acceptors (Lipinski definition) is 6. The number of carbonyl (C=O) groups is 2. The lowest BCUT2D eigenvalue weighted by molar-refractivity contribution is -0.140. The molecule has 34 heavy (non-hydrogen) atoms. The summed E-state index contributed by atoms with van der Waals surface area (Å²) in [6.45, 7) is 6.66. The van der Waals surface area contributed by atoms with E-state index in [-0.39, 0.29) is 23.3 Å². The molecule has 2 aromatic carbocycles. The third kappa shape index (κ3) is 5.52. The SMILES string of the molecule is CCOc1cc(/C=C2/C(=O)N(c3ccc(CC)cc3)C(=S)N2CC(=O)OC)cc(I)c1OCC. The Morgan fingerprint density at radius 1 is 1.09 bits per heavy atom. The van der Waals surface area contributed by atoms with Gasteiger partial charge in [-0.05, 0) is 96.5 Å². The first-order valence-electron chi connectivity index (χ1n) is 11.0. The number of halogens is 1. The van der Waals surface area contributed by atoms with E-state index in [0.717, 1.165) is 21.1 Å². The highest BCUT2D eigenvalue weighted by Gasteiger charge is 2.40. The van der Waals surface area contributed by atoms with Gasteiger partial charge in [0.2, 0.25) is 0 Å². The van der Waals surface area contributed by atoms with Crippen LogP contribution in [0.3, 0.4) is 0 Å². The Hall–Kier alpha value is -2.66. The van der Waals surface area contributed by atoms with E-state index >= 15 is 0 Å². The largest absolute Gasteiger partial charge is 0.490 e. The molecule has 1 aliphatic heterocycles. The summed E-state index contributed by atoms with van der Waals surface area (Å²) in [7, 11) is 1.30. The normalized spacial score (nSPS) is 14.7. The summed E-state index contributed by atoms with van der Waals surface area (Å²) >= 11 is 7.81. The number of benzene rings is 2. The zero-order valence-corrected chi connectivity index (χ0v) is 22.6. The summed E-state index contributed by atoms with van der Waals surface area (Å²) in [5, 5.41) is 0.219. The van der Waals surface area contributed by atoms with E-state index in [1.54, 1.807) is 6.08 Å². The van der Waals surface area contributed by atoms with E-state index < -0.39 is 5.97 Å². The third-order valence-electron chi connectivity index (χ3n) is 5.18. The van der Waals surface area contributed by atoms with Gasteiger partial charge >= 0.3 is 5.97 Å². The first-order valence-corrected chi connectivity index (χ1v) is 12.5. The molecule has 180 valence electrons. The zero-order valence-electron chi connectivity index (χ0n) is 19.6. The monoisotopic (exact) mass is 594 g/mol. The highest BCUT2D eigenvalue weighted by Crippen LogP contribution is 2.36. The first-order chi connectivity index (χ1) is 16.3. The quantitative estimate of drug-likeness (QED) is 0.179. The number of hydrogen-bond donors (Lipinski definition) is 0. The van der Waals surface area contributed by atoms with E-state index in [1.165, 1.54) is 16.9 Å². The maximum Gasteiger partial charge on any atom is 0.325 e. The number of methoxy groups -OCH3 is 1. The molecule has 0 spiro atoms. The Balaban J connectivity index is 2.08. The van der Waals surface area contributed by atoms with Crippen LogP contribution in [-0.2, 0) is 20.7 Å². The van der Waals surface area contributed by atoms with Crippen molar-refractivity contribution in [2.24, 2.45) is 0 Å². The summed E-state index contributed by atoms with van der Waals surface area (Å²) < 4.78 is 17.2. The highest BCUT2D eigenvalue weighted by molar-refractivity contribution is 14.1. The zero-order chi connectivity index (χ0) is 24.8. The first kappa shape index (κ1) is 26.0. The molecule has 2 aromatic rings. The van der Waals surface area contributed by atoms with Crippen LogP contribution in [0.4, 0.5) is 5.69 Å². The van der Waals surface area contributed by atoms with Crippen LogP contribution < -0.4 is 14.4 Å². The van der Waals surface area contributed by atoms with E-state index in [1.807, 2.05) is 50.2 Å². The van der Waals surface area contributed by atoms with Gasteiger partial charge in [0, 0.05) is 0 Å². The molecule has 1 saturated heterocycles. The van der Waals surface area contributed by atoms with Crippen LogP contribution in [0.15, 0.2) is 42.1 Å². The van der Waals surface area contributed by atoms with E-state index in [9.17, 15) is 9.59 Å². The number of nitrogens with zero attached hydrogens (tertiary/aromatic N) is 2. The van der Waals surface area contributed by atoms with E-state index in [4.69, 9.17) is 26.4 Å². The van der Waals surface area contributed by atoms with Gasteiger partial charge in [-0.1, -0.05) is 19.1 Å². The van der Waals surface area contributed by atoms with Gasteiger partial charge in [0.15, 0.2) is 16.6 Å². The van der Waals surface area contributed by atoms with Gasteiger partial charge in [-0.3, -0.25) is 14.5 Å². The minimum atomic E-state index is -0.500. The Morgan fingerprint density at radius 3 is 2.35 bits per heavy atom. The lowest BCUT2D eigenvalue weighted by atomic mass is 10.1. The average Bonchev–Trinajstić information content (AvgIpc) is 3.05. The molecular formula is C25H27IN2O5S. The molecule has 0 aliphatic carbocycles. The lowest BCUT2D eigenvalue weighted by Gasteiger charge is -2.19. The predicted octanol–water partition coefficient (Wildman–Crippen LogP) is 4.80. The van der Waals surface area contributed by atoms with Crippen molar-refractivity contribution in [2.45, 2.75) is 27.2 Å². The molecular weight excluding hydrogens is 567 g/mol. The molecule has 0 radical (unpaired) electrons. The van der Waals surface area contributed by atoms with Crippen molar-refractivity contribution in [1.82, 2.24) is 4.90 Å². The van der Waals surface area contributed by atoms with E-state index in [2.05, 4.69) is 29.5 Å². The second-order valence-electron chi connectivity index (χ2n) is 7.33. The Bertz CT molecular complexity index is 1120. The molecule has 9 heteroatoms. The molecule has 0 N–H and O–H groups in total. The molecule has 7 nitrogen and oxygen atoms in total. The number of ether oxygens (including phenoxy) is 3. The van der Waals surface area contributed by atoms with Gasteiger partial charge in [0.25, 0.3) is 5.91 Å². The van der Waals surface area contributed by atoms with Gasteiger partial charge in [-0.25, -0.2) is 0 Å². The molecule has 0 unspecified atom stereocenters. The third-order valence-corrected chi connectivity index (χ3v) is 6.38. The number of rotatable bonds is 9. The number of aryl methyl sites for hydroxylation is 1. The fourth-order valence-corrected chi connectivity index (χ4v) is 4.64. The summed E-state index contributed by atoms with van der Waals surface area (Å²) in [6.07, 6.45) is 2.59. The van der Waals surface area contributed by atoms with Gasteiger partial charge in [0.1, 0.15) is 12.2 Å². The average molecular weight is 594 g/mol. The van der Waals surface area contributed by atoms with Crippen molar-refractivity contribution in [3.63, 3.8) is 0 Å².